The lowest BCUT2D eigenvalue weighted by Gasteiger charge is -2.04. The van der Waals surface area contributed by atoms with Crippen LogP contribution in [0.5, 0.6) is 0 Å². The number of nitrogens with zero attached hydrogens (tertiary/aromatic N) is 1. The molecule has 2 nitrogen and oxygen atoms in total. The molecule has 12 heavy (non-hydrogen) atoms. The van der Waals surface area contributed by atoms with Gasteiger partial charge >= 0.3 is 0 Å². The van der Waals surface area contributed by atoms with Crippen LogP contribution in [0.25, 0.3) is 0 Å². The fraction of sp³-hybridized carbons (Fsp3) is 0.900. The van der Waals surface area contributed by atoms with Gasteiger partial charge in [-0.05, 0) is 18.9 Å². The third kappa shape index (κ3) is 9.45. The highest BCUT2D eigenvalue weighted by atomic mass is 14.8. The molecule has 1 N–H and O–H groups in total. The van der Waals surface area contributed by atoms with E-state index in [9.17, 15) is 0 Å². The summed E-state index contributed by atoms with van der Waals surface area (Å²) in [5.74, 6) is 0.823. The van der Waals surface area contributed by atoms with E-state index in [0.29, 0.717) is 6.42 Å². The van der Waals surface area contributed by atoms with Crippen molar-refractivity contribution >= 4 is 0 Å². The highest BCUT2D eigenvalue weighted by Gasteiger charge is 1.93. The van der Waals surface area contributed by atoms with Crippen LogP contribution in [-0.2, 0) is 0 Å². The van der Waals surface area contributed by atoms with Gasteiger partial charge in [-0.3, -0.25) is 0 Å². The molecule has 0 aromatic heterocycles. The molecule has 0 saturated heterocycles. The minimum absolute atomic E-state index is 0.629. The van der Waals surface area contributed by atoms with Crippen LogP contribution in [0.15, 0.2) is 0 Å². The Morgan fingerprint density at radius 1 is 1.25 bits per heavy atom. The Bertz CT molecular complexity index is 124. The summed E-state index contributed by atoms with van der Waals surface area (Å²) >= 11 is 0. The quantitative estimate of drug-likeness (QED) is 0.592. The molecule has 0 amide bonds. The van der Waals surface area contributed by atoms with Gasteiger partial charge in [-0.25, -0.2) is 0 Å². The SMILES string of the molecule is CC(C)CCCCNCCC#N. The molecule has 0 aliphatic heterocycles. The summed E-state index contributed by atoms with van der Waals surface area (Å²) < 4.78 is 0. The third-order valence-corrected chi connectivity index (χ3v) is 1.80. The van der Waals surface area contributed by atoms with Crippen LogP contribution in [0, 0.1) is 17.2 Å². The Balaban J connectivity index is 2.87. The van der Waals surface area contributed by atoms with Gasteiger partial charge in [-0.2, -0.15) is 5.26 Å². The number of nitrogens with one attached hydrogen (secondary N) is 1. The first kappa shape index (κ1) is 11.4. The lowest BCUT2D eigenvalue weighted by molar-refractivity contribution is 0.522. The molecule has 0 fully saturated rings. The van der Waals surface area contributed by atoms with Crippen LogP contribution in [0.4, 0.5) is 0 Å². The maximum absolute atomic E-state index is 8.25. The number of rotatable bonds is 7. The summed E-state index contributed by atoms with van der Waals surface area (Å²) in [6.07, 6.45) is 4.49. The van der Waals surface area contributed by atoms with Crippen molar-refractivity contribution in [3.05, 3.63) is 0 Å². The van der Waals surface area contributed by atoms with Gasteiger partial charge in [0.25, 0.3) is 0 Å². The van der Waals surface area contributed by atoms with Crippen molar-refractivity contribution in [1.29, 1.82) is 5.26 Å². The van der Waals surface area contributed by atoms with Gasteiger partial charge in [0.1, 0.15) is 0 Å². The van der Waals surface area contributed by atoms with Crippen LogP contribution in [0.3, 0.4) is 0 Å². The molecule has 2 heteroatoms. The zero-order chi connectivity index (χ0) is 9.23. The highest BCUT2D eigenvalue weighted by molar-refractivity contribution is 4.69. The van der Waals surface area contributed by atoms with E-state index in [1.807, 2.05) is 0 Å². The molecule has 0 bridgehead atoms. The van der Waals surface area contributed by atoms with E-state index in [0.717, 1.165) is 19.0 Å². The second kappa shape index (κ2) is 8.55. The smallest absolute Gasteiger partial charge is 0.0635 e. The largest absolute Gasteiger partial charge is 0.316 e. The Morgan fingerprint density at radius 3 is 2.58 bits per heavy atom. The van der Waals surface area contributed by atoms with Crippen LogP contribution in [0.1, 0.15) is 39.5 Å². The summed E-state index contributed by atoms with van der Waals surface area (Å²) in [5.41, 5.74) is 0. The molecule has 0 saturated carbocycles. The average Bonchev–Trinajstić information content (AvgIpc) is 2.02. The van der Waals surface area contributed by atoms with Crippen molar-refractivity contribution in [1.82, 2.24) is 5.32 Å². The number of unbranched alkanes of at least 4 members (excludes halogenated alkanes) is 1. The first-order chi connectivity index (χ1) is 5.77. The first-order valence-electron chi connectivity index (χ1n) is 4.85. The molecule has 0 aliphatic carbocycles. The van der Waals surface area contributed by atoms with Crippen molar-refractivity contribution in [3.63, 3.8) is 0 Å². The summed E-state index contributed by atoms with van der Waals surface area (Å²) in [5, 5.41) is 11.5. The summed E-state index contributed by atoms with van der Waals surface area (Å²) in [6, 6.07) is 2.11. The molecule has 0 heterocycles. The van der Waals surface area contributed by atoms with Crippen molar-refractivity contribution in [2.75, 3.05) is 13.1 Å². The van der Waals surface area contributed by atoms with Crippen LogP contribution >= 0.6 is 0 Å². The van der Waals surface area contributed by atoms with E-state index in [1.165, 1.54) is 19.3 Å². The molecular formula is C10H20N2. The standard InChI is InChI=1S/C10H20N2/c1-10(2)6-3-4-8-12-9-5-7-11/h10,12H,3-6,8-9H2,1-2H3. The molecule has 0 unspecified atom stereocenters. The predicted octanol–water partition coefficient (Wildman–Crippen LogP) is 2.32. The number of hydrogen-bond donors (Lipinski definition) is 1. The molecule has 0 aromatic rings. The summed E-state index contributed by atoms with van der Waals surface area (Å²) in [4.78, 5) is 0. The van der Waals surface area contributed by atoms with E-state index in [-0.39, 0.29) is 0 Å². The Morgan fingerprint density at radius 2 is 2.00 bits per heavy atom. The molecule has 70 valence electrons. The molecule has 0 aliphatic rings. The van der Waals surface area contributed by atoms with Gasteiger partial charge in [0, 0.05) is 13.0 Å². The second-order valence-electron chi connectivity index (χ2n) is 3.55. The van der Waals surface area contributed by atoms with Gasteiger partial charge in [0.15, 0.2) is 0 Å². The van der Waals surface area contributed by atoms with E-state index >= 15 is 0 Å². The monoisotopic (exact) mass is 168 g/mol. The summed E-state index contributed by atoms with van der Waals surface area (Å²) in [7, 11) is 0. The highest BCUT2D eigenvalue weighted by Crippen LogP contribution is 2.04. The first-order valence-corrected chi connectivity index (χ1v) is 4.85. The van der Waals surface area contributed by atoms with E-state index < -0.39 is 0 Å². The molecule has 0 atom stereocenters. The number of nitriles is 1. The summed E-state index contributed by atoms with van der Waals surface area (Å²) in [6.45, 7) is 6.42. The van der Waals surface area contributed by atoms with Gasteiger partial charge in [-0.15, -0.1) is 0 Å². The zero-order valence-electron chi connectivity index (χ0n) is 8.27. The Kier molecular flexibility index (Phi) is 8.15. The van der Waals surface area contributed by atoms with Crippen molar-refractivity contribution < 1.29 is 0 Å². The predicted molar refractivity (Wildman–Crippen MR) is 51.8 cm³/mol. The van der Waals surface area contributed by atoms with Crippen LogP contribution in [0.2, 0.25) is 0 Å². The minimum Gasteiger partial charge on any atom is -0.316 e. The topological polar surface area (TPSA) is 35.8 Å². The molecule has 0 radical (unpaired) electrons. The van der Waals surface area contributed by atoms with Crippen LogP contribution in [-0.4, -0.2) is 13.1 Å². The zero-order valence-corrected chi connectivity index (χ0v) is 8.27. The van der Waals surface area contributed by atoms with Gasteiger partial charge in [0.2, 0.25) is 0 Å². The molecule has 0 aromatic carbocycles. The number of hydrogen-bond acceptors (Lipinski definition) is 2. The minimum atomic E-state index is 0.629. The fourth-order valence-corrected chi connectivity index (χ4v) is 1.07. The van der Waals surface area contributed by atoms with Crippen molar-refractivity contribution in [2.24, 2.45) is 5.92 Å². The van der Waals surface area contributed by atoms with Gasteiger partial charge < -0.3 is 5.32 Å². The van der Waals surface area contributed by atoms with Crippen molar-refractivity contribution in [2.45, 2.75) is 39.5 Å². The second-order valence-corrected chi connectivity index (χ2v) is 3.55. The third-order valence-electron chi connectivity index (χ3n) is 1.80. The van der Waals surface area contributed by atoms with E-state index in [4.69, 9.17) is 5.26 Å². The molecule has 0 rings (SSSR count). The normalized spacial score (nSPS) is 10.2. The van der Waals surface area contributed by atoms with Crippen molar-refractivity contribution in [3.8, 4) is 6.07 Å². The van der Waals surface area contributed by atoms with Gasteiger partial charge in [0.05, 0.1) is 6.07 Å². The average molecular weight is 168 g/mol. The van der Waals surface area contributed by atoms with Gasteiger partial charge in [-0.1, -0.05) is 26.7 Å². The molecular weight excluding hydrogens is 148 g/mol. The lowest BCUT2D eigenvalue weighted by atomic mass is 10.1. The van der Waals surface area contributed by atoms with E-state index in [1.54, 1.807) is 0 Å². The lowest BCUT2D eigenvalue weighted by Crippen LogP contribution is -2.16. The van der Waals surface area contributed by atoms with E-state index in [2.05, 4.69) is 25.2 Å². The Labute approximate surface area is 76.0 Å². The van der Waals surface area contributed by atoms with Crippen LogP contribution < -0.4 is 5.32 Å². The maximum Gasteiger partial charge on any atom is 0.0635 e. The fourth-order valence-electron chi connectivity index (χ4n) is 1.07. The maximum atomic E-state index is 8.25. The Hall–Kier alpha value is -0.550. The molecule has 0 spiro atoms.